The molecule has 0 saturated carbocycles. The predicted octanol–water partition coefficient (Wildman–Crippen LogP) is 2.13. The summed E-state index contributed by atoms with van der Waals surface area (Å²) in [5.41, 5.74) is 2.04. The molecule has 0 aliphatic carbocycles. The van der Waals surface area contributed by atoms with Crippen LogP contribution in [0.25, 0.3) is 0 Å². The van der Waals surface area contributed by atoms with Crippen LogP contribution in [0.15, 0.2) is 10.5 Å². The average molecular weight is 271 g/mol. The first-order valence-corrected chi connectivity index (χ1v) is 5.52. The van der Waals surface area contributed by atoms with Crippen LogP contribution in [0.4, 0.5) is 0 Å². The molecule has 15 heavy (non-hydrogen) atoms. The van der Waals surface area contributed by atoms with Crippen molar-refractivity contribution in [2.75, 3.05) is 13.7 Å². The van der Waals surface area contributed by atoms with E-state index in [0.717, 1.165) is 34.1 Å². The smallest absolute Gasteiger partial charge is 0.140 e. The molecule has 0 atom stereocenters. The second-order valence-electron chi connectivity index (χ2n) is 3.34. The third-order valence-corrected chi connectivity index (χ3v) is 3.18. The molecule has 0 unspecified atom stereocenters. The van der Waals surface area contributed by atoms with Crippen LogP contribution in [0.5, 0.6) is 11.5 Å². The lowest BCUT2D eigenvalue weighted by Crippen LogP contribution is -1.96. The number of hydrogen-bond donors (Lipinski definition) is 0. The number of aldehydes is 1. The molecule has 1 aliphatic rings. The van der Waals surface area contributed by atoms with Crippen LogP contribution in [-0.2, 0) is 17.6 Å². The molecule has 3 nitrogen and oxygen atoms in total. The van der Waals surface area contributed by atoms with Crippen molar-refractivity contribution in [2.24, 2.45) is 0 Å². The van der Waals surface area contributed by atoms with E-state index in [1.165, 1.54) is 0 Å². The number of ether oxygens (including phenoxy) is 2. The number of fused-ring (bicyclic) bond motifs is 1. The van der Waals surface area contributed by atoms with E-state index in [0.29, 0.717) is 18.8 Å². The van der Waals surface area contributed by atoms with E-state index in [2.05, 4.69) is 15.9 Å². The van der Waals surface area contributed by atoms with Crippen molar-refractivity contribution in [1.82, 2.24) is 0 Å². The molecule has 1 aromatic carbocycles. The molecule has 80 valence electrons. The average Bonchev–Trinajstić information content (AvgIpc) is 2.67. The van der Waals surface area contributed by atoms with Gasteiger partial charge in [-0.25, -0.2) is 0 Å². The highest BCUT2D eigenvalue weighted by molar-refractivity contribution is 9.10. The number of carbonyl (C=O) groups is 1. The van der Waals surface area contributed by atoms with Gasteiger partial charge in [0.15, 0.2) is 0 Å². The highest BCUT2D eigenvalue weighted by Crippen LogP contribution is 2.42. The topological polar surface area (TPSA) is 35.5 Å². The molecule has 0 spiro atoms. The standard InChI is InChI=1S/C11H11BrO3/c1-14-10-7(2-4-13)6-8-3-5-15-11(8)9(10)12/h4,6H,2-3,5H2,1H3. The zero-order valence-electron chi connectivity index (χ0n) is 8.38. The monoisotopic (exact) mass is 270 g/mol. The normalized spacial score (nSPS) is 13.2. The Labute approximate surface area is 96.5 Å². The maximum absolute atomic E-state index is 10.6. The van der Waals surface area contributed by atoms with Crippen molar-refractivity contribution in [3.05, 3.63) is 21.7 Å². The summed E-state index contributed by atoms with van der Waals surface area (Å²) in [7, 11) is 1.59. The molecule has 0 bridgehead atoms. The van der Waals surface area contributed by atoms with Gasteiger partial charge >= 0.3 is 0 Å². The molecule has 0 saturated heterocycles. The molecule has 0 fully saturated rings. The number of hydrogen-bond acceptors (Lipinski definition) is 3. The van der Waals surface area contributed by atoms with Crippen molar-refractivity contribution >= 4 is 22.2 Å². The van der Waals surface area contributed by atoms with Crippen LogP contribution < -0.4 is 9.47 Å². The van der Waals surface area contributed by atoms with Crippen molar-refractivity contribution in [2.45, 2.75) is 12.8 Å². The van der Waals surface area contributed by atoms with Gasteiger partial charge in [0.1, 0.15) is 22.3 Å². The van der Waals surface area contributed by atoms with Gasteiger partial charge in [0.2, 0.25) is 0 Å². The quantitative estimate of drug-likeness (QED) is 0.790. The lowest BCUT2D eigenvalue weighted by molar-refractivity contribution is -0.107. The first-order valence-electron chi connectivity index (χ1n) is 4.72. The summed E-state index contributed by atoms with van der Waals surface area (Å²) in [6.45, 7) is 0.696. The Morgan fingerprint density at radius 1 is 1.67 bits per heavy atom. The first-order chi connectivity index (χ1) is 7.27. The molecule has 2 rings (SSSR count). The fourth-order valence-electron chi connectivity index (χ4n) is 1.79. The van der Waals surface area contributed by atoms with Gasteiger partial charge in [0.05, 0.1) is 13.7 Å². The number of methoxy groups -OCH3 is 1. The number of benzene rings is 1. The summed E-state index contributed by atoms with van der Waals surface area (Å²) >= 11 is 3.45. The van der Waals surface area contributed by atoms with Crippen molar-refractivity contribution in [3.8, 4) is 11.5 Å². The van der Waals surface area contributed by atoms with E-state index in [9.17, 15) is 4.79 Å². The highest BCUT2D eigenvalue weighted by atomic mass is 79.9. The molecular formula is C11H11BrO3. The van der Waals surface area contributed by atoms with Crippen LogP contribution in [-0.4, -0.2) is 20.0 Å². The van der Waals surface area contributed by atoms with Crippen LogP contribution in [0, 0.1) is 0 Å². The number of rotatable bonds is 3. The van der Waals surface area contributed by atoms with E-state index < -0.39 is 0 Å². The summed E-state index contributed by atoms with van der Waals surface area (Å²) < 4.78 is 11.6. The van der Waals surface area contributed by atoms with Crippen LogP contribution >= 0.6 is 15.9 Å². The van der Waals surface area contributed by atoms with Gasteiger partial charge in [-0.15, -0.1) is 0 Å². The molecular weight excluding hydrogens is 260 g/mol. The van der Waals surface area contributed by atoms with E-state index in [1.54, 1.807) is 7.11 Å². The summed E-state index contributed by atoms with van der Waals surface area (Å²) in [6.07, 6.45) is 2.14. The lowest BCUT2D eigenvalue weighted by atomic mass is 10.1. The Morgan fingerprint density at radius 2 is 2.47 bits per heavy atom. The summed E-state index contributed by atoms with van der Waals surface area (Å²) in [6, 6.07) is 1.99. The highest BCUT2D eigenvalue weighted by Gasteiger charge is 2.21. The Bertz CT molecular complexity index is 401. The van der Waals surface area contributed by atoms with Crippen LogP contribution in [0.3, 0.4) is 0 Å². The van der Waals surface area contributed by atoms with Gasteiger partial charge in [0, 0.05) is 18.4 Å². The molecule has 4 heteroatoms. The van der Waals surface area contributed by atoms with Crippen molar-refractivity contribution < 1.29 is 14.3 Å². The van der Waals surface area contributed by atoms with E-state index in [4.69, 9.17) is 9.47 Å². The minimum atomic E-state index is 0.370. The molecule has 0 radical (unpaired) electrons. The summed E-state index contributed by atoms with van der Waals surface area (Å²) in [4.78, 5) is 10.6. The molecule has 1 aliphatic heterocycles. The first kappa shape index (κ1) is 10.5. The zero-order valence-corrected chi connectivity index (χ0v) is 9.96. The maximum Gasteiger partial charge on any atom is 0.140 e. The van der Waals surface area contributed by atoms with E-state index >= 15 is 0 Å². The molecule has 0 amide bonds. The molecule has 0 N–H and O–H groups in total. The van der Waals surface area contributed by atoms with Gasteiger partial charge in [0.25, 0.3) is 0 Å². The third kappa shape index (κ3) is 1.74. The Hall–Kier alpha value is -1.03. The van der Waals surface area contributed by atoms with Gasteiger partial charge in [-0.2, -0.15) is 0 Å². The fourth-order valence-corrected chi connectivity index (χ4v) is 2.58. The minimum absolute atomic E-state index is 0.370. The van der Waals surface area contributed by atoms with Gasteiger partial charge < -0.3 is 14.3 Å². The molecule has 1 aromatic rings. The Balaban J connectivity index is 2.55. The molecule has 1 heterocycles. The largest absolute Gasteiger partial charge is 0.495 e. The second kappa shape index (κ2) is 4.23. The minimum Gasteiger partial charge on any atom is -0.495 e. The van der Waals surface area contributed by atoms with Gasteiger partial charge in [-0.1, -0.05) is 0 Å². The van der Waals surface area contributed by atoms with Crippen molar-refractivity contribution in [1.29, 1.82) is 0 Å². The Kier molecular flexibility index (Phi) is 2.95. The van der Waals surface area contributed by atoms with Crippen LogP contribution in [0.2, 0.25) is 0 Å². The SMILES string of the molecule is COc1c(CC=O)cc2c(c1Br)OCC2. The van der Waals surface area contributed by atoms with Crippen molar-refractivity contribution in [3.63, 3.8) is 0 Å². The summed E-state index contributed by atoms with van der Waals surface area (Å²) in [5.74, 6) is 1.55. The van der Waals surface area contributed by atoms with Gasteiger partial charge in [-0.05, 0) is 27.6 Å². The number of carbonyl (C=O) groups excluding carboxylic acids is 1. The van der Waals surface area contributed by atoms with Gasteiger partial charge in [-0.3, -0.25) is 0 Å². The fraction of sp³-hybridized carbons (Fsp3) is 0.364. The Morgan fingerprint density at radius 3 is 3.13 bits per heavy atom. The molecule has 0 aromatic heterocycles. The second-order valence-corrected chi connectivity index (χ2v) is 4.13. The maximum atomic E-state index is 10.6. The van der Waals surface area contributed by atoms with E-state index in [1.807, 2.05) is 6.07 Å². The predicted molar refractivity (Wildman–Crippen MR) is 59.7 cm³/mol. The zero-order chi connectivity index (χ0) is 10.8. The lowest BCUT2D eigenvalue weighted by Gasteiger charge is -2.12. The third-order valence-electron chi connectivity index (χ3n) is 2.46. The summed E-state index contributed by atoms with van der Waals surface area (Å²) in [5, 5.41) is 0. The van der Waals surface area contributed by atoms with E-state index in [-0.39, 0.29) is 0 Å². The van der Waals surface area contributed by atoms with Crippen LogP contribution in [0.1, 0.15) is 11.1 Å². The number of halogens is 1.